The van der Waals surface area contributed by atoms with Crippen molar-refractivity contribution in [1.29, 1.82) is 0 Å². The summed E-state index contributed by atoms with van der Waals surface area (Å²) in [5.41, 5.74) is 9.16. The van der Waals surface area contributed by atoms with E-state index in [2.05, 4.69) is 55.2 Å². The quantitative estimate of drug-likeness (QED) is 0.467. The summed E-state index contributed by atoms with van der Waals surface area (Å²) in [4.78, 5) is 18.2. The SMILES string of the molecule is Cc1cc2nc(Cc3ccccc3)c(-c3nc4ccccc4[nH]3)nc2cc1C. The van der Waals surface area contributed by atoms with Crippen molar-refractivity contribution in [3.05, 3.63) is 89.1 Å². The molecule has 0 aliphatic heterocycles. The standard InChI is InChI=1S/C24H20N4/c1-15-12-20-21(13-16(15)2)26-23(22(25-20)14-17-8-4-3-5-9-17)24-27-18-10-6-7-11-19(18)28-24/h3-13H,14H2,1-2H3,(H,27,28). The van der Waals surface area contributed by atoms with Gasteiger partial charge < -0.3 is 4.98 Å². The predicted octanol–water partition coefficient (Wildman–Crippen LogP) is 5.38. The van der Waals surface area contributed by atoms with Gasteiger partial charge in [0.1, 0.15) is 5.69 Å². The molecule has 5 rings (SSSR count). The van der Waals surface area contributed by atoms with E-state index in [1.54, 1.807) is 0 Å². The van der Waals surface area contributed by atoms with Crippen molar-refractivity contribution in [1.82, 2.24) is 19.9 Å². The Hall–Kier alpha value is -3.53. The number of nitrogens with one attached hydrogen (secondary N) is 1. The van der Waals surface area contributed by atoms with Crippen molar-refractivity contribution in [3.63, 3.8) is 0 Å². The normalized spacial score (nSPS) is 11.4. The molecular weight excluding hydrogens is 344 g/mol. The number of rotatable bonds is 3. The van der Waals surface area contributed by atoms with Crippen LogP contribution in [-0.4, -0.2) is 19.9 Å². The van der Waals surface area contributed by atoms with Crippen LogP contribution in [0.1, 0.15) is 22.4 Å². The maximum absolute atomic E-state index is 5.00. The van der Waals surface area contributed by atoms with Gasteiger partial charge in [-0.25, -0.2) is 15.0 Å². The van der Waals surface area contributed by atoms with E-state index in [1.807, 2.05) is 30.3 Å². The van der Waals surface area contributed by atoms with E-state index in [1.165, 1.54) is 16.7 Å². The van der Waals surface area contributed by atoms with Gasteiger partial charge in [-0.05, 0) is 54.8 Å². The van der Waals surface area contributed by atoms with E-state index in [9.17, 15) is 0 Å². The molecule has 136 valence electrons. The van der Waals surface area contributed by atoms with E-state index in [-0.39, 0.29) is 0 Å². The number of fused-ring (bicyclic) bond motifs is 2. The maximum Gasteiger partial charge on any atom is 0.159 e. The zero-order valence-electron chi connectivity index (χ0n) is 15.9. The van der Waals surface area contributed by atoms with Gasteiger partial charge in [0.05, 0.1) is 27.8 Å². The highest BCUT2D eigenvalue weighted by molar-refractivity contribution is 5.82. The molecule has 0 aliphatic rings. The summed E-state index contributed by atoms with van der Waals surface area (Å²) < 4.78 is 0. The topological polar surface area (TPSA) is 54.5 Å². The Labute approximate surface area is 163 Å². The van der Waals surface area contributed by atoms with Gasteiger partial charge in [0.2, 0.25) is 0 Å². The number of aromatic amines is 1. The first-order valence-electron chi connectivity index (χ1n) is 9.44. The molecule has 4 heteroatoms. The second-order valence-corrected chi connectivity index (χ2v) is 7.21. The molecule has 0 saturated heterocycles. The van der Waals surface area contributed by atoms with Crippen LogP contribution in [0.2, 0.25) is 0 Å². The molecule has 0 amide bonds. The number of hydrogen-bond donors (Lipinski definition) is 1. The van der Waals surface area contributed by atoms with Gasteiger partial charge in [0.25, 0.3) is 0 Å². The second kappa shape index (κ2) is 6.57. The molecule has 28 heavy (non-hydrogen) atoms. The van der Waals surface area contributed by atoms with Gasteiger partial charge in [-0.1, -0.05) is 42.5 Å². The molecular formula is C24H20N4. The second-order valence-electron chi connectivity index (χ2n) is 7.21. The van der Waals surface area contributed by atoms with Crippen LogP contribution in [0.15, 0.2) is 66.7 Å². The van der Waals surface area contributed by atoms with Gasteiger partial charge >= 0.3 is 0 Å². The zero-order chi connectivity index (χ0) is 19.1. The third-order valence-corrected chi connectivity index (χ3v) is 5.18. The van der Waals surface area contributed by atoms with Crippen LogP contribution < -0.4 is 0 Å². The maximum atomic E-state index is 5.00. The van der Waals surface area contributed by atoms with E-state index in [0.717, 1.165) is 39.3 Å². The number of imidazole rings is 1. The minimum absolute atomic E-state index is 0.711. The average molecular weight is 364 g/mol. The summed E-state index contributed by atoms with van der Waals surface area (Å²) in [5, 5.41) is 0. The molecule has 0 unspecified atom stereocenters. The lowest BCUT2D eigenvalue weighted by Crippen LogP contribution is -2.02. The average Bonchev–Trinajstić information content (AvgIpc) is 3.13. The van der Waals surface area contributed by atoms with Crippen molar-refractivity contribution >= 4 is 22.1 Å². The number of benzene rings is 3. The smallest absolute Gasteiger partial charge is 0.159 e. The fraction of sp³-hybridized carbons (Fsp3) is 0.125. The van der Waals surface area contributed by atoms with Crippen LogP contribution in [0.25, 0.3) is 33.6 Å². The fourth-order valence-electron chi connectivity index (χ4n) is 3.52. The summed E-state index contributed by atoms with van der Waals surface area (Å²) in [6.07, 6.45) is 0.711. The van der Waals surface area contributed by atoms with Gasteiger partial charge in [-0.3, -0.25) is 0 Å². The van der Waals surface area contributed by atoms with Crippen molar-refractivity contribution in [2.75, 3.05) is 0 Å². The molecule has 2 heterocycles. The first kappa shape index (κ1) is 16.6. The number of nitrogens with zero attached hydrogens (tertiary/aromatic N) is 3. The van der Waals surface area contributed by atoms with Crippen LogP contribution in [0.3, 0.4) is 0 Å². The molecule has 0 atom stereocenters. The summed E-state index contributed by atoms with van der Waals surface area (Å²) in [6.45, 7) is 4.22. The highest BCUT2D eigenvalue weighted by Crippen LogP contribution is 2.26. The minimum atomic E-state index is 0.711. The molecule has 2 aromatic heterocycles. The van der Waals surface area contributed by atoms with Crippen LogP contribution in [0, 0.1) is 13.8 Å². The molecule has 0 spiro atoms. The third-order valence-electron chi connectivity index (χ3n) is 5.18. The number of aromatic nitrogens is 4. The van der Waals surface area contributed by atoms with Crippen LogP contribution >= 0.6 is 0 Å². The van der Waals surface area contributed by atoms with Gasteiger partial charge in [-0.2, -0.15) is 0 Å². The van der Waals surface area contributed by atoms with Gasteiger partial charge in [0, 0.05) is 6.42 Å². The monoisotopic (exact) mass is 364 g/mol. The summed E-state index contributed by atoms with van der Waals surface area (Å²) in [5.74, 6) is 0.764. The molecule has 0 fully saturated rings. The highest BCUT2D eigenvalue weighted by Gasteiger charge is 2.16. The predicted molar refractivity (Wildman–Crippen MR) is 113 cm³/mol. The van der Waals surface area contributed by atoms with Crippen molar-refractivity contribution in [3.8, 4) is 11.5 Å². The number of aryl methyl sites for hydroxylation is 2. The minimum Gasteiger partial charge on any atom is -0.337 e. The van der Waals surface area contributed by atoms with E-state index in [0.29, 0.717) is 6.42 Å². The lowest BCUT2D eigenvalue weighted by molar-refractivity contribution is 1.06. The Morgan fingerprint density at radius 1 is 0.714 bits per heavy atom. The fourth-order valence-corrected chi connectivity index (χ4v) is 3.52. The number of para-hydroxylation sites is 2. The van der Waals surface area contributed by atoms with Crippen LogP contribution in [0.5, 0.6) is 0 Å². The molecule has 0 bridgehead atoms. The number of H-pyrrole nitrogens is 1. The lowest BCUT2D eigenvalue weighted by atomic mass is 10.1. The van der Waals surface area contributed by atoms with E-state index >= 15 is 0 Å². The van der Waals surface area contributed by atoms with Gasteiger partial charge in [0.15, 0.2) is 5.82 Å². The molecule has 1 N–H and O–H groups in total. The molecule has 0 aliphatic carbocycles. The third kappa shape index (κ3) is 2.93. The Balaban J connectivity index is 1.74. The Kier molecular flexibility index (Phi) is 3.90. The molecule has 0 saturated carbocycles. The van der Waals surface area contributed by atoms with Crippen LogP contribution in [-0.2, 0) is 6.42 Å². The van der Waals surface area contributed by atoms with Crippen molar-refractivity contribution < 1.29 is 0 Å². The molecule has 4 nitrogen and oxygen atoms in total. The zero-order valence-corrected chi connectivity index (χ0v) is 15.9. The summed E-state index contributed by atoms with van der Waals surface area (Å²) in [6, 6.07) is 22.6. The Morgan fingerprint density at radius 3 is 2.14 bits per heavy atom. The molecule has 5 aromatic rings. The molecule has 0 radical (unpaired) electrons. The first-order valence-corrected chi connectivity index (χ1v) is 9.44. The largest absolute Gasteiger partial charge is 0.337 e. The van der Waals surface area contributed by atoms with E-state index < -0.39 is 0 Å². The van der Waals surface area contributed by atoms with Crippen LogP contribution in [0.4, 0.5) is 0 Å². The van der Waals surface area contributed by atoms with Crippen molar-refractivity contribution in [2.24, 2.45) is 0 Å². The first-order chi connectivity index (χ1) is 13.7. The lowest BCUT2D eigenvalue weighted by Gasteiger charge is -2.10. The molecule has 3 aromatic carbocycles. The van der Waals surface area contributed by atoms with Gasteiger partial charge in [-0.15, -0.1) is 0 Å². The highest BCUT2D eigenvalue weighted by atomic mass is 15.0. The van der Waals surface area contributed by atoms with E-state index in [4.69, 9.17) is 15.0 Å². The Morgan fingerprint density at radius 2 is 1.39 bits per heavy atom. The summed E-state index contributed by atoms with van der Waals surface area (Å²) >= 11 is 0. The number of hydrogen-bond acceptors (Lipinski definition) is 3. The summed E-state index contributed by atoms with van der Waals surface area (Å²) in [7, 11) is 0. The Bertz CT molecular complexity index is 1270. The van der Waals surface area contributed by atoms with Crippen molar-refractivity contribution in [2.45, 2.75) is 20.3 Å².